The average Bonchev–Trinajstić information content (AvgIpc) is 2.70. The van der Waals surface area contributed by atoms with Gasteiger partial charge in [0.2, 0.25) is 0 Å². The summed E-state index contributed by atoms with van der Waals surface area (Å²) in [7, 11) is 0. The number of para-hydroxylation sites is 1. The van der Waals surface area contributed by atoms with Crippen molar-refractivity contribution < 1.29 is 9.53 Å². The van der Waals surface area contributed by atoms with Crippen molar-refractivity contribution in [3.8, 4) is 0 Å². The van der Waals surface area contributed by atoms with Gasteiger partial charge in [0.15, 0.2) is 0 Å². The first-order valence-corrected chi connectivity index (χ1v) is 7.52. The Morgan fingerprint density at radius 1 is 1.41 bits per heavy atom. The zero-order valence-electron chi connectivity index (χ0n) is 12.9. The fourth-order valence-electron chi connectivity index (χ4n) is 2.95. The number of rotatable bonds is 2. The zero-order chi connectivity index (χ0) is 14.8. The van der Waals surface area contributed by atoms with E-state index in [0.717, 1.165) is 47.1 Å². The number of hydrogen-bond donors (Lipinski definition) is 1. The highest BCUT2D eigenvalue weighted by molar-refractivity contribution is 5.89. The van der Waals surface area contributed by atoms with Crippen molar-refractivity contribution in [2.75, 3.05) is 11.9 Å². The van der Waals surface area contributed by atoms with E-state index >= 15 is 0 Å². The Morgan fingerprint density at radius 2 is 2.18 bits per heavy atom. The topological polar surface area (TPSA) is 51.2 Å². The minimum atomic E-state index is -0.270. The molecule has 0 radical (unpaired) electrons. The van der Waals surface area contributed by atoms with E-state index in [4.69, 9.17) is 9.72 Å². The number of ether oxygens (including phenoxy) is 1. The van der Waals surface area contributed by atoms with Crippen LogP contribution in [0.5, 0.6) is 0 Å². The predicted octanol–water partition coefficient (Wildman–Crippen LogP) is 3.64. The van der Waals surface area contributed by atoms with E-state index in [1.54, 1.807) is 0 Å². The highest BCUT2D eigenvalue weighted by Crippen LogP contribution is 2.31. The molecule has 1 unspecified atom stereocenters. The van der Waals surface area contributed by atoms with Gasteiger partial charge in [-0.15, -0.1) is 12.4 Å². The lowest BCUT2D eigenvalue weighted by Crippen LogP contribution is -2.31. The van der Waals surface area contributed by atoms with E-state index in [-0.39, 0.29) is 24.4 Å². The molecule has 1 N–H and O–H groups in total. The normalized spacial score (nSPS) is 16.9. The van der Waals surface area contributed by atoms with Crippen LogP contribution in [0.15, 0.2) is 24.3 Å². The van der Waals surface area contributed by atoms with Crippen LogP contribution in [0.25, 0.3) is 10.9 Å². The highest BCUT2D eigenvalue weighted by atomic mass is 35.5. The van der Waals surface area contributed by atoms with Crippen molar-refractivity contribution in [3.05, 3.63) is 35.5 Å². The molecule has 2 aromatic rings. The van der Waals surface area contributed by atoms with E-state index < -0.39 is 0 Å². The van der Waals surface area contributed by atoms with Crippen molar-refractivity contribution in [1.29, 1.82) is 0 Å². The summed E-state index contributed by atoms with van der Waals surface area (Å²) in [6.45, 7) is 4.34. The molecule has 1 aromatic heterocycles. The second kappa shape index (κ2) is 6.97. The molecule has 0 saturated heterocycles. The number of aromatic nitrogens is 1. The number of nitrogens with one attached hydrogen (secondary N) is 1. The maximum atomic E-state index is 12.0. The van der Waals surface area contributed by atoms with Crippen molar-refractivity contribution in [3.63, 3.8) is 0 Å². The molecule has 2 heterocycles. The summed E-state index contributed by atoms with van der Waals surface area (Å²) in [5.74, 6) is -0.169. The molecular formula is C17H21ClN2O2. The summed E-state index contributed by atoms with van der Waals surface area (Å²) in [5, 5.41) is 4.50. The van der Waals surface area contributed by atoms with Crippen molar-refractivity contribution in [1.82, 2.24) is 4.98 Å². The first kappa shape index (κ1) is 16.6. The summed E-state index contributed by atoms with van der Waals surface area (Å²) in [5.41, 5.74) is 4.24. The second-order valence-corrected chi connectivity index (χ2v) is 5.42. The predicted molar refractivity (Wildman–Crippen MR) is 90.7 cm³/mol. The Hall–Kier alpha value is -1.81. The molecule has 0 amide bonds. The van der Waals surface area contributed by atoms with Crippen LogP contribution in [0, 0.1) is 6.92 Å². The number of fused-ring (bicyclic) bond motifs is 2. The lowest BCUT2D eigenvalue weighted by atomic mass is 10.0. The number of carbonyl (C=O) groups excluding carboxylic acids is 1. The Bertz CT molecular complexity index is 688. The largest absolute Gasteiger partial charge is 0.464 e. The van der Waals surface area contributed by atoms with Gasteiger partial charge in [-0.3, -0.25) is 4.98 Å². The van der Waals surface area contributed by atoms with Crippen LogP contribution in [0.1, 0.15) is 31.0 Å². The van der Waals surface area contributed by atoms with Crippen LogP contribution in [-0.2, 0) is 16.0 Å². The smallest absolute Gasteiger partial charge is 0.328 e. The molecule has 4 nitrogen and oxygen atoms in total. The Morgan fingerprint density at radius 3 is 2.95 bits per heavy atom. The first-order chi connectivity index (χ1) is 10.2. The fourth-order valence-corrected chi connectivity index (χ4v) is 2.95. The number of carbonyl (C=O) groups is 1. The van der Waals surface area contributed by atoms with Crippen LogP contribution < -0.4 is 5.32 Å². The number of anilines is 1. The number of nitrogens with zero attached hydrogens (tertiary/aromatic N) is 1. The number of aryl methyl sites for hydroxylation is 2. The third-order valence-corrected chi connectivity index (χ3v) is 4.02. The number of halogens is 1. The summed E-state index contributed by atoms with van der Waals surface area (Å²) in [6.07, 6.45) is 2.61. The van der Waals surface area contributed by atoms with Gasteiger partial charge in [0.1, 0.15) is 6.04 Å². The molecule has 0 bridgehead atoms. The van der Waals surface area contributed by atoms with E-state index in [1.165, 1.54) is 0 Å². The summed E-state index contributed by atoms with van der Waals surface area (Å²) in [6, 6.07) is 7.86. The molecule has 0 fully saturated rings. The molecule has 0 saturated carbocycles. The number of hydrogen-bond acceptors (Lipinski definition) is 4. The average molecular weight is 321 g/mol. The third-order valence-electron chi connectivity index (χ3n) is 4.02. The van der Waals surface area contributed by atoms with Crippen LogP contribution in [0.4, 0.5) is 5.69 Å². The molecule has 118 valence electrons. The van der Waals surface area contributed by atoms with Crippen molar-refractivity contribution in [2.24, 2.45) is 0 Å². The molecule has 22 heavy (non-hydrogen) atoms. The highest BCUT2D eigenvalue weighted by Gasteiger charge is 2.25. The number of esters is 1. The molecule has 1 aliphatic heterocycles. The van der Waals surface area contributed by atoms with Gasteiger partial charge in [0.25, 0.3) is 0 Å². The van der Waals surface area contributed by atoms with Gasteiger partial charge < -0.3 is 10.1 Å². The second-order valence-electron chi connectivity index (χ2n) is 5.42. The molecule has 3 rings (SSSR count). The molecule has 1 atom stereocenters. The van der Waals surface area contributed by atoms with Crippen molar-refractivity contribution in [2.45, 2.75) is 39.2 Å². The van der Waals surface area contributed by atoms with Gasteiger partial charge >= 0.3 is 5.97 Å². The van der Waals surface area contributed by atoms with E-state index in [2.05, 4.69) is 18.3 Å². The summed E-state index contributed by atoms with van der Waals surface area (Å²) in [4.78, 5) is 16.8. The maximum absolute atomic E-state index is 12.0. The fraction of sp³-hybridized carbons (Fsp3) is 0.412. The summed E-state index contributed by atoms with van der Waals surface area (Å²) >= 11 is 0. The van der Waals surface area contributed by atoms with Crippen molar-refractivity contribution >= 4 is 35.0 Å². The van der Waals surface area contributed by atoms with Gasteiger partial charge in [-0.2, -0.15) is 0 Å². The Balaban J connectivity index is 0.00000176. The maximum Gasteiger partial charge on any atom is 0.328 e. The summed E-state index contributed by atoms with van der Waals surface area (Å²) < 4.78 is 5.16. The van der Waals surface area contributed by atoms with Gasteiger partial charge in [-0.25, -0.2) is 4.79 Å². The molecule has 0 aliphatic carbocycles. The molecular weight excluding hydrogens is 300 g/mol. The first-order valence-electron chi connectivity index (χ1n) is 7.52. The lowest BCUT2D eigenvalue weighted by molar-refractivity contribution is -0.144. The third kappa shape index (κ3) is 3.02. The van der Waals surface area contributed by atoms with Crippen LogP contribution >= 0.6 is 12.4 Å². The van der Waals surface area contributed by atoms with Crippen LogP contribution in [0.3, 0.4) is 0 Å². The molecule has 1 aromatic carbocycles. The van der Waals surface area contributed by atoms with Crippen LogP contribution in [-0.4, -0.2) is 23.6 Å². The molecule has 0 spiro atoms. The standard InChI is InChI=1S/C17H20N2O2.ClH/c1-3-21-17(20)15-10-6-9-14-16(19-15)11(2)12-7-4-5-8-13(12)18-14;/h4-5,7-8,15,19H,3,6,9-10H2,1-2H3;1H. The van der Waals surface area contributed by atoms with Gasteiger partial charge in [-0.05, 0) is 44.7 Å². The van der Waals surface area contributed by atoms with E-state index in [9.17, 15) is 4.79 Å². The molecule has 5 heteroatoms. The number of benzene rings is 1. The number of pyridine rings is 1. The van der Waals surface area contributed by atoms with E-state index in [1.807, 2.05) is 25.1 Å². The monoisotopic (exact) mass is 320 g/mol. The van der Waals surface area contributed by atoms with E-state index in [0.29, 0.717) is 6.61 Å². The SMILES string of the molecule is CCOC(=O)C1CCCc2nc3ccccc3c(C)c2N1.Cl. The van der Waals surface area contributed by atoms with Gasteiger partial charge in [-0.1, -0.05) is 18.2 Å². The van der Waals surface area contributed by atoms with Gasteiger partial charge in [0, 0.05) is 5.39 Å². The minimum absolute atomic E-state index is 0. The van der Waals surface area contributed by atoms with Gasteiger partial charge in [0.05, 0.1) is 23.5 Å². The molecule has 1 aliphatic rings. The zero-order valence-corrected chi connectivity index (χ0v) is 13.7. The Kier molecular flexibility index (Phi) is 5.24. The lowest BCUT2D eigenvalue weighted by Gasteiger charge is -2.18. The Labute approximate surface area is 136 Å². The van der Waals surface area contributed by atoms with Crippen LogP contribution in [0.2, 0.25) is 0 Å². The minimum Gasteiger partial charge on any atom is -0.464 e. The quantitative estimate of drug-likeness (QED) is 0.858.